The maximum atomic E-state index is 12.7. The first-order valence-corrected chi connectivity index (χ1v) is 12.5. The number of hydrogen-bond donors (Lipinski definition) is 1. The zero-order chi connectivity index (χ0) is 23.9. The van der Waals surface area contributed by atoms with Crippen molar-refractivity contribution in [2.75, 3.05) is 39.4 Å². The molecule has 0 saturated carbocycles. The van der Waals surface area contributed by atoms with Gasteiger partial charge in [-0.1, -0.05) is 60.7 Å². The van der Waals surface area contributed by atoms with Crippen LogP contribution in [0.4, 0.5) is 0 Å². The Morgan fingerprint density at radius 1 is 0.914 bits per heavy atom. The highest BCUT2D eigenvalue weighted by atomic mass is 16.5. The van der Waals surface area contributed by atoms with Crippen LogP contribution in [0.5, 0.6) is 0 Å². The lowest BCUT2D eigenvalue weighted by Gasteiger charge is -2.26. The van der Waals surface area contributed by atoms with E-state index in [-0.39, 0.29) is 12.1 Å². The van der Waals surface area contributed by atoms with E-state index >= 15 is 0 Å². The quantitative estimate of drug-likeness (QED) is 0.525. The van der Waals surface area contributed by atoms with Crippen LogP contribution in [0.1, 0.15) is 40.2 Å². The summed E-state index contributed by atoms with van der Waals surface area (Å²) in [5, 5.41) is 4.71. The monoisotopic (exact) mass is 468 g/mol. The number of rotatable bonds is 9. The van der Waals surface area contributed by atoms with Crippen LogP contribution in [0.3, 0.4) is 0 Å². The van der Waals surface area contributed by atoms with Crippen LogP contribution >= 0.6 is 0 Å². The lowest BCUT2D eigenvalue weighted by molar-refractivity contribution is 0.0383. The maximum absolute atomic E-state index is 12.7. The summed E-state index contributed by atoms with van der Waals surface area (Å²) in [6.45, 7) is 4.84. The van der Waals surface area contributed by atoms with Gasteiger partial charge >= 0.3 is 0 Å². The van der Waals surface area contributed by atoms with Gasteiger partial charge in [0.25, 0.3) is 5.91 Å². The number of morpholine rings is 1. The second-order valence-corrected chi connectivity index (χ2v) is 9.10. The summed E-state index contributed by atoms with van der Waals surface area (Å²) in [6, 6.07) is 26.9. The van der Waals surface area contributed by atoms with Gasteiger partial charge in [-0.2, -0.15) is 0 Å². The molecule has 0 spiro atoms. The van der Waals surface area contributed by atoms with E-state index in [9.17, 15) is 4.79 Å². The number of amides is 1. The fourth-order valence-corrected chi connectivity index (χ4v) is 4.82. The second-order valence-electron chi connectivity index (χ2n) is 9.10. The van der Waals surface area contributed by atoms with E-state index in [0.717, 1.165) is 56.4 Å². The highest BCUT2D eigenvalue weighted by molar-refractivity contribution is 5.94. The largest absolute Gasteiger partial charge is 0.379 e. The summed E-state index contributed by atoms with van der Waals surface area (Å²) in [6.07, 6.45) is 1.69. The van der Waals surface area contributed by atoms with Crippen LogP contribution < -0.4 is 16.0 Å². The third-order valence-corrected chi connectivity index (χ3v) is 6.75. The van der Waals surface area contributed by atoms with Crippen LogP contribution in [0, 0.1) is 0 Å². The Kier molecular flexibility index (Phi) is 7.61. The van der Waals surface area contributed by atoms with Gasteiger partial charge in [-0.3, -0.25) is 19.7 Å². The molecule has 1 atom stereocenters. The average Bonchev–Trinajstić information content (AvgIpc) is 3.33. The molecule has 1 amide bonds. The number of hydrogen-bond acceptors (Lipinski definition) is 5. The minimum absolute atomic E-state index is 0.0621. The predicted octanol–water partition coefficient (Wildman–Crippen LogP) is 2.94. The van der Waals surface area contributed by atoms with Crippen molar-refractivity contribution in [2.24, 2.45) is 9.98 Å². The summed E-state index contributed by atoms with van der Waals surface area (Å²) >= 11 is 0. The Morgan fingerprint density at radius 3 is 2.26 bits per heavy atom. The number of benzene rings is 3. The van der Waals surface area contributed by atoms with E-state index in [1.165, 1.54) is 11.1 Å². The third kappa shape index (κ3) is 6.02. The first kappa shape index (κ1) is 23.4. The van der Waals surface area contributed by atoms with Crippen molar-refractivity contribution in [3.8, 4) is 0 Å². The molecule has 0 bridgehead atoms. The first-order chi connectivity index (χ1) is 17.3. The van der Waals surface area contributed by atoms with Gasteiger partial charge in [0.05, 0.1) is 23.9 Å². The zero-order valence-electron chi connectivity index (χ0n) is 20.0. The topological polar surface area (TPSA) is 66.3 Å². The molecule has 3 aromatic rings. The van der Waals surface area contributed by atoms with Gasteiger partial charge in [0.15, 0.2) is 0 Å². The number of carbonyl (C=O) groups is 1. The molecule has 180 valence electrons. The Bertz CT molecular complexity index is 1200. The van der Waals surface area contributed by atoms with Crippen molar-refractivity contribution in [1.82, 2.24) is 10.2 Å². The van der Waals surface area contributed by atoms with E-state index in [0.29, 0.717) is 18.0 Å². The molecule has 6 nitrogen and oxygen atoms in total. The minimum Gasteiger partial charge on any atom is -0.379 e. The number of carbonyl (C=O) groups excluding carboxylic acids is 1. The van der Waals surface area contributed by atoms with Crippen molar-refractivity contribution in [3.05, 3.63) is 106 Å². The minimum atomic E-state index is -0.112. The molecule has 1 fully saturated rings. The predicted molar refractivity (Wildman–Crippen MR) is 136 cm³/mol. The summed E-state index contributed by atoms with van der Waals surface area (Å²) in [7, 11) is 0. The lowest BCUT2D eigenvalue weighted by Crippen LogP contribution is -2.41. The van der Waals surface area contributed by atoms with Gasteiger partial charge in [0.1, 0.15) is 6.17 Å². The van der Waals surface area contributed by atoms with E-state index in [1.807, 2.05) is 18.2 Å². The summed E-state index contributed by atoms with van der Waals surface area (Å²) in [5.74, 6) is 0.243. The van der Waals surface area contributed by atoms with Crippen molar-refractivity contribution in [1.29, 1.82) is 0 Å². The first-order valence-electron chi connectivity index (χ1n) is 12.5. The molecule has 1 saturated heterocycles. The SMILES string of the molecule is O=C(NCCN1CCOCC1)c1ccc2c(c1)=NC(CCC(c1ccccc1)c1ccccc1)N=2. The van der Waals surface area contributed by atoms with E-state index < -0.39 is 0 Å². The van der Waals surface area contributed by atoms with Crippen molar-refractivity contribution >= 4 is 5.91 Å². The normalized spacial score (nSPS) is 17.5. The molecule has 2 aliphatic rings. The molecule has 2 aliphatic heterocycles. The molecule has 5 rings (SSSR count). The van der Waals surface area contributed by atoms with Crippen LogP contribution in [0.15, 0.2) is 88.8 Å². The number of ether oxygens (including phenoxy) is 1. The van der Waals surface area contributed by atoms with Crippen LogP contribution in [-0.4, -0.2) is 56.4 Å². The van der Waals surface area contributed by atoms with Gasteiger partial charge in [-0.05, 0) is 42.2 Å². The van der Waals surface area contributed by atoms with Gasteiger partial charge in [-0.25, -0.2) is 0 Å². The van der Waals surface area contributed by atoms with Crippen molar-refractivity contribution in [2.45, 2.75) is 24.9 Å². The van der Waals surface area contributed by atoms with Crippen molar-refractivity contribution < 1.29 is 9.53 Å². The van der Waals surface area contributed by atoms with E-state index in [4.69, 9.17) is 14.7 Å². The molecule has 0 aromatic heterocycles. The number of nitrogens with zero attached hydrogens (tertiary/aromatic N) is 3. The average molecular weight is 469 g/mol. The number of fused-ring (bicyclic) bond motifs is 1. The summed E-state index contributed by atoms with van der Waals surface area (Å²) in [4.78, 5) is 24.6. The highest BCUT2D eigenvalue weighted by Gasteiger charge is 2.18. The van der Waals surface area contributed by atoms with Gasteiger partial charge in [0, 0.05) is 37.7 Å². The highest BCUT2D eigenvalue weighted by Crippen LogP contribution is 2.30. The Hall–Kier alpha value is -3.35. The fraction of sp³-hybridized carbons (Fsp3) is 0.345. The molecule has 0 radical (unpaired) electrons. The molecular weight excluding hydrogens is 436 g/mol. The standard InChI is InChI=1S/C29H32N4O2/c34-29(30-15-16-33-17-19-35-20-18-33)24-11-13-26-27(21-24)32-28(31-26)14-12-25(22-7-3-1-4-8-22)23-9-5-2-6-10-23/h1-11,13,21,25,28H,12,14-20H2,(H,30,34). The zero-order valence-corrected chi connectivity index (χ0v) is 20.0. The molecule has 2 heterocycles. The Morgan fingerprint density at radius 2 is 1.57 bits per heavy atom. The summed E-state index contributed by atoms with van der Waals surface area (Å²) < 4.78 is 5.37. The van der Waals surface area contributed by atoms with Gasteiger partial charge in [0.2, 0.25) is 0 Å². The fourth-order valence-electron chi connectivity index (χ4n) is 4.82. The van der Waals surface area contributed by atoms with Crippen molar-refractivity contribution in [3.63, 3.8) is 0 Å². The van der Waals surface area contributed by atoms with Crippen LogP contribution in [0.25, 0.3) is 0 Å². The molecule has 1 N–H and O–H groups in total. The molecule has 6 heteroatoms. The van der Waals surface area contributed by atoms with Gasteiger partial charge in [-0.15, -0.1) is 0 Å². The van der Waals surface area contributed by atoms with E-state index in [2.05, 4.69) is 70.9 Å². The smallest absolute Gasteiger partial charge is 0.251 e. The van der Waals surface area contributed by atoms with Crippen LogP contribution in [0.2, 0.25) is 0 Å². The Labute approximate surface area is 206 Å². The van der Waals surface area contributed by atoms with Gasteiger partial charge < -0.3 is 10.1 Å². The molecule has 35 heavy (non-hydrogen) atoms. The third-order valence-electron chi connectivity index (χ3n) is 6.75. The molecular formula is C29H32N4O2. The number of nitrogens with one attached hydrogen (secondary N) is 1. The molecule has 3 aromatic carbocycles. The van der Waals surface area contributed by atoms with Crippen LogP contribution in [-0.2, 0) is 4.74 Å². The van der Waals surface area contributed by atoms with E-state index in [1.54, 1.807) is 0 Å². The molecule has 0 aliphatic carbocycles. The maximum Gasteiger partial charge on any atom is 0.251 e. The Balaban J connectivity index is 1.21. The molecule has 1 unspecified atom stereocenters. The summed E-state index contributed by atoms with van der Waals surface area (Å²) in [5.41, 5.74) is 3.26. The lowest BCUT2D eigenvalue weighted by atomic mass is 9.87. The second kappa shape index (κ2) is 11.4.